The highest BCUT2D eigenvalue weighted by atomic mass is 16.4. The third kappa shape index (κ3) is 9.26. The van der Waals surface area contributed by atoms with Crippen molar-refractivity contribution in [2.75, 3.05) is 13.1 Å². The van der Waals surface area contributed by atoms with Crippen LogP contribution in [-0.2, 0) is 4.79 Å². The third-order valence-corrected chi connectivity index (χ3v) is 1.97. The number of hydrogen-bond acceptors (Lipinski definition) is 3. The van der Waals surface area contributed by atoms with Crippen molar-refractivity contribution in [3.8, 4) is 0 Å². The fourth-order valence-corrected chi connectivity index (χ4v) is 1.15. The van der Waals surface area contributed by atoms with E-state index in [-0.39, 0.29) is 19.0 Å². The summed E-state index contributed by atoms with van der Waals surface area (Å²) in [5.41, 5.74) is 0. The lowest BCUT2D eigenvalue weighted by atomic mass is 10.2. The average molecular weight is 232 g/mol. The average Bonchev–Trinajstić information content (AvgIpc) is 2.22. The minimum Gasteiger partial charge on any atom is -0.481 e. The first-order valence-corrected chi connectivity index (χ1v) is 5.47. The van der Waals surface area contributed by atoms with Crippen LogP contribution in [0.3, 0.4) is 0 Å². The number of rotatable bonds is 8. The molecule has 0 aromatic rings. The van der Waals surface area contributed by atoms with Gasteiger partial charge in [0.2, 0.25) is 0 Å². The van der Waals surface area contributed by atoms with E-state index in [9.17, 15) is 14.7 Å². The second-order valence-electron chi connectivity index (χ2n) is 3.58. The maximum absolute atomic E-state index is 11.1. The van der Waals surface area contributed by atoms with Gasteiger partial charge in [-0.05, 0) is 12.8 Å². The quantitative estimate of drug-likeness (QED) is 0.453. The van der Waals surface area contributed by atoms with E-state index < -0.39 is 12.1 Å². The Balaban J connectivity index is 3.41. The number of hydrogen-bond donors (Lipinski definition) is 4. The Hall–Kier alpha value is -1.30. The maximum atomic E-state index is 11.1. The summed E-state index contributed by atoms with van der Waals surface area (Å²) in [5.74, 6) is -0.874. The van der Waals surface area contributed by atoms with Crippen LogP contribution in [0.5, 0.6) is 0 Å². The third-order valence-electron chi connectivity index (χ3n) is 1.97. The van der Waals surface area contributed by atoms with Gasteiger partial charge >= 0.3 is 12.0 Å². The van der Waals surface area contributed by atoms with Gasteiger partial charge in [-0.15, -0.1) is 0 Å². The summed E-state index contributed by atoms with van der Waals surface area (Å²) < 4.78 is 0. The smallest absolute Gasteiger partial charge is 0.314 e. The van der Waals surface area contributed by atoms with E-state index in [2.05, 4.69) is 10.6 Å². The van der Waals surface area contributed by atoms with E-state index in [0.717, 1.165) is 6.42 Å². The molecule has 0 saturated carbocycles. The Morgan fingerprint density at radius 2 is 2.00 bits per heavy atom. The molecule has 0 saturated heterocycles. The molecule has 0 fully saturated rings. The number of urea groups is 1. The van der Waals surface area contributed by atoms with Crippen LogP contribution in [-0.4, -0.2) is 41.4 Å². The van der Waals surface area contributed by atoms with Crippen molar-refractivity contribution in [3.05, 3.63) is 0 Å². The molecule has 6 heteroatoms. The Morgan fingerprint density at radius 3 is 2.56 bits per heavy atom. The lowest BCUT2D eigenvalue weighted by Gasteiger charge is -2.11. The number of aliphatic hydroxyl groups excluding tert-OH is 1. The molecule has 0 spiro atoms. The van der Waals surface area contributed by atoms with Crippen LogP contribution >= 0.6 is 0 Å². The summed E-state index contributed by atoms with van der Waals surface area (Å²) in [4.78, 5) is 21.3. The Kier molecular flexibility index (Phi) is 8.24. The molecule has 0 aliphatic rings. The van der Waals surface area contributed by atoms with Gasteiger partial charge in [0.1, 0.15) is 0 Å². The van der Waals surface area contributed by atoms with E-state index in [1.165, 1.54) is 0 Å². The van der Waals surface area contributed by atoms with Crippen LogP contribution in [0, 0.1) is 0 Å². The minimum absolute atomic E-state index is 0.0404. The molecule has 2 amide bonds. The highest BCUT2D eigenvalue weighted by molar-refractivity contribution is 5.73. The second-order valence-corrected chi connectivity index (χ2v) is 3.58. The molecular weight excluding hydrogens is 212 g/mol. The molecule has 0 radical (unpaired) electrons. The van der Waals surface area contributed by atoms with Crippen molar-refractivity contribution in [2.24, 2.45) is 0 Å². The fourth-order valence-electron chi connectivity index (χ4n) is 1.15. The zero-order chi connectivity index (χ0) is 12.4. The molecule has 0 aliphatic heterocycles. The molecule has 0 aliphatic carbocycles. The summed E-state index contributed by atoms with van der Waals surface area (Å²) in [6, 6.07) is -0.374. The molecular formula is C10H20N2O4. The van der Waals surface area contributed by atoms with Gasteiger partial charge in [0.15, 0.2) is 0 Å². The molecule has 1 unspecified atom stereocenters. The van der Waals surface area contributed by atoms with Gasteiger partial charge in [-0.25, -0.2) is 4.79 Å². The first kappa shape index (κ1) is 14.7. The number of amides is 2. The maximum Gasteiger partial charge on any atom is 0.314 e. The van der Waals surface area contributed by atoms with E-state index >= 15 is 0 Å². The van der Waals surface area contributed by atoms with Crippen molar-refractivity contribution < 1.29 is 19.8 Å². The summed E-state index contributed by atoms with van der Waals surface area (Å²) in [7, 11) is 0. The SMILES string of the molecule is CCCC(O)CNC(=O)NCCCC(=O)O. The van der Waals surface area contributed by atoms with E-state index in [0.29, 0.717) is 19.4 Å². The number of carbonyl (C=O) groups excluding carboxylic acids is 1. The number of nitrogens with one attached hydrogen (secondary N) is 2. The normalized spacial score (nSPS) is 11.9. The Bertz CT molecular complexity index is 221. The highest BCUT2D eigenvalue weighted by Crippen LogP contribution is 1.93. The molecule has 16 heavy (non-hydrogen) atoms. The summed E-state index contributed by atoms with van der Waals surface area (Å²) >= 11 is 0. The highest BCUT2D eigenvalue weighted by Gasteiger charge is 2.05. The first-order chi connectivity index (χ1) is 7.56. The molecule has 0 aromatic carbocycles. The van der Waals surface area contributed by atoms with Gasteiger partial charge in [-0.2, -0.15) is 0 Å². The molecule has 0 rings (SSSR count). The standard InChI is InChI=1S/C10H20N2O4/c1-2-4-8(13)7-12-10(16)11-6-3-5-9(14)15/h8,13H,2-7H2,1H3,(H,14,15)(H2,11,12,16). The summed E-state index contributed by atoms with van der Waals surface area (Å²) in [5, 5.41) is 22.7. The zero-order valence-electron chi connectivity index (χ0n) is 9.53. The predicted molar refractivity (Wildman–Crippen MR) is 59.2 cm³/mol. The van der Waals surface area contributed by atoms with Crippen LogP contribution in [0.4, 0.5) is 4.79 Å². The van der Waals surface area contributed by atoms with Gasteiger partial charge in [0, 0.05) is 19.5 Å². The molecule has 1 atom stereocenters. The van der Waals surface area contributed by atoms with Crippen LogP contribution in [0.15, 0.2) is 0 Å². The molecule has 0 heterocycles. The number of aliphatic carboxylic acids is 1. The van der Waals surface area contributed by atoms with E-state index in [1.54, 1.807) is 0 Å². The summed E-state index contributed by atoms with van der Waals surface area (Å²) in [6.07, 6.45) is 1.44. The van der Waals surface area contributed by atoms with Crippen molar-refractivity contribution in [1.29, 1.82) is 0 Å². The fraction of sp³-hybridized carbons (Fsp3) is 0.800. The topological polar surface area (TPSA) is 98.7 Å². The summed E-state index contributed by atoms with van der Waals surface area (Å²) in [6.45, 7) is 2.50. The number of aliphatic hydroxyl groups is 1. The van der Waals surface area contributed by atoms with E-state index in [4.69, 9.17) is 5.11 Å². The Labute approximate surface area is 95.0 Å². The molecule has 94 valence electrons. The van der Waals surface area contributed by atoms with Gasteiger partial charge < -0.3 is 20.8 Å². The van der Waals surface area contributed by atoms with Gasteiger partial charge in [0.25, 0.3) is 0 Å². The lowest BCUT2D eigenvalue weighted by molar-refractivity contribution is -0.137. The van der Waals surface area contributed by atoms with Crippen LogP contribution in [0.2, 0.25) is 0 Å². The predicted octanol–water partition coefficient (Wildman–Crippen LogP) is 0.311. The number of carboxylic acid groups (broad SMARTS) is 1. The van der Waals surface area contributed by atoms with Crippen molar-refractivity contribution in [3.63, 3.8) is 0 Å². The lowest BCUT2D eigenvalue weighted by Crippen LogP contribution is -2.40. The molecule has 0 aromatic heterocycles. The van der Waals surface area contributed by atoms with Crippen LogP contribution in [0.1, 0.15) is 32.6 Å². The van der Waals surface area contributed by atoms with Gasteiger partial charge in [-0.1, -0.05) is 13.3 Å². The minimum atomic E-state index is -0.874. The molecule has 4 N–H and O–H groups in total. The molecule has 0 bridgehead atoms. The van der Waals surface area contributed by atoms with E-state index in [1.807, 2.05) is 6.92 Å². The first-order valence-electron chi connectivity index (χ1n) is 5.47. The number of carbonyl (C=O) groups is 2. The van der Waals surface area contributed by atoms with Crippen molar-refractivity contribution >= 4 is 12.0 Å². The van der Waals surface area contributed by atoms with Crippen LogP contribution in [0.25, 0.3) is 0 Å². The zero-order valence-corrected chi connectivity index (χ0v) is 9.53. The van der Waals surface area contributed by atoms with Crippen molar-refractivity contribution in [2.45, 2.75) is 38.7 Å². The largest absolute Gasteiger partial charge is 0.481 e. The second kappa shape index (κ2) is 8.96. The monoisotopic (exact) mass is 232 g/mol. The van der Waals surface area contributed by atoms with Crippen LogP contribution < -0.4 is 10.6 Å². The molecule has 6 nitrogen and oxygen atoms in total. The Morgan fingerprint density at radius 1 is 1.31 bits per heavy atom. The number of carboxylic acids is 1. The van der Waals surface area contributed by atoms with Crippen molar-refractivity contribution in [1.82, 2.24) is 10.6 Å². The van der Waals surface area contributed by atoms with Gasteiger partial charge in [-0.3, -0.25) is 4.79 Å². The van der Waals surface area contributed by atoms with Gasteiger partial charge in [0.05, 0.1) is 6.10 Å².